The van der Waals surface area contributed by atoms with Crippen molar-refractivity contribution >= 4 is 10.8 Å². The maximum absolute atomic E-state index is 14.0. The lowest BCUT2D eigenvalue weighted by Gasteiger charge is -2.15. The molecule has 0 fully saturated rings. The number of aromatic nitrogens is 3. The number of rotatable bonds is 2. The summed E-state index contributed by atoms with van der Waals surface area (Å²) in [6.45, 7) is 3.60. The number of pyridine rings is 1. The molecule has 0 spiro atoms. The van der Waals surface area contributed by atoms with E-state index in [0.717, 1.165) is 5.69 Å². The number of hydrogen-bond acceptors (Lipinski definition) is 3. The molecule has 1 atom stereocenters. The van der Waals surface area contributed by atoms with Gasteiger partial charge < -0.3 is 5.73 Å². The molecule has 21 heavy (non-hydrogen) atoms. The Labute approximate surface area is 120 Å². The van der Waals surface area contributed by atoms with Gasteiger partial charge in [-0.3, -0.25) is 14.5 Å². The van der Waals surface area contributed by atoms with Gasteiger partial charge in [-0.1, -0.05) is 12.1 Å². The van der Waals surface area contributed by atoms with Crippen molar-refractivity contribution in [1.29, 1.82) is 0 Å². The van der Waals surface area contributed by atoms with Crippen molar-refractivity contribution in [3.05, 3.63) is 57.9 Å². The van der Waals surface area contributed by atoms with Crippen molar-refractivity contribution in [3.8, 4) is 5.82 Å². The van der Waals surface area contributed by atoms with Crippen molar-refractivity contribution in [2.75, 3.05) is 0 Å². The highest BCUT2D eigenvalue weighted by Gasteiger charge is 2.17. The minimum atomic E-state index is -0.547. The summed E-state index contributed by atoms with van der Waals surface area (Å²) in [7, 11) is 0. The normalized spacial score (nSPS) is 12.8. The van der Waals surface area contributed by atoms with Crippen LogP contribution < -0.4 is 11.3 Å². The van der Waals surface area contributed by atoms with E-state index in [1.54, 1.807) is 31.2 Å². The van der Waals surface area contributed by atoms with Crippen molar-refractivity contribution in [2.24, 2.45) is 5.73 Å². The summed E-state index contributed by atoms with van der Waals surface area (Å²) in [4.78, 5) is 12.7. The van der Waals surface area contributed by atoms with Gasteiger partial charge in [0.05, 0.1) is 5.39 Å². The van der Waals surface area contributed by atoms with Crippen LogP contribution >= 0.6 is 0 Å². The molecule has 0 aliphatic rings. The van der Waals surface area contributed by atoms with Crippen LogP contribution in [0, 0.1) is 12.7 Å². The van der Waals surface area contributed by atoms with Crippen LogP contribution in [-0.2, 0) is 0 Å². The lowest BCUT2D eigenvalue weighted by molar-refractivity contribution is 0.636. The molecule has 3 rings (SSSR count). The molecule has 0 aliphatic carbocycles. The van der Waals surface area contributed by atoms with E-state index < -0.39 is 11.4 Å². The van der Waals surface area contributed by atoms with Gasteiger partial charge in [0.1, 0.15) is 5.82 Å². The maximum Gasteiger partial charge on any atom is 0.267 e. The second-order valence-electron chi connectivity index (χ2n) is 5.11. The number of H-pyrrole nitrogens is 1. The number of aryl methyl sites for hydroxylation is 1. The third-order valence-corrected chi connectivity index (χ3v) is 3.41. The molecule has 6 heteroatoms. The fraction of sp³-hybridized carbons (Fsp3) is 0.200. The summed E-state index contributed by atoms with van der Waals surface area (Å²) in [5.74, 6) is -0.135. The molecule has 1 unspecified atom stereocenters. The molecular formula is C15H15FN4O. The maximum atomic E-state index is 14.0. The van der Waals surface area contributed by atoms with Gasteiger partial charge in [0.2, 0.25) is 0 Å². The molecule has 0 bridgehead atoms. The van der Waals surface area contributed by atoms with Crippen molar-refractivity contribution in [1.82, 2.24) is 14.8 Å². The van der Waals surface area contributed by atoms with Gasteiger partial charge in [-0.25, -0.2) is 4.39 Å². The Morgan fingerprint density at radius 3 is 2.76 bits per heavy atom. The smallest absolute Gasteiger partial charge is 0.267 e. The van der Waals surface area contributed by atoms with Crippen LogP contribution in [0.1, 0.15) is 24.4 Å². The predicted molar refractivity (Wildman–Crippen MR) is 79.0 cm³/mol. The van der Waals surface area contributed by atoms with Crippen LogP contribution in [0.25, 0.3) is 16.6 Å². The van der Waals surface area contributed by atoms with Gasteiger partial charge in [-0.2, -0.15) is 5.10 Å². The minimum Gasteiger partial charge on any atom is -0.323 e. The molecule has 5 nitrogen and oxygen atoms in total. The summed E-state index contributed by atoms with van der Waals surface area (Å²) in [6.07, 6.45) is 0. The largest absolute Gasteiger partial charge is 0.323 e. The molecule has 0 saturated heterocycles. The van der Waals surface area contributed by atoms with Crippen molar-refractivity contribution in [3.63, 3.8) is 0 Å². The zero-order chi connectivity index (χ0) is 15.1. The average molecular weight is 286 g/mol. The van der Waals surface area contributed by atoms with E-state index in [0.29, 0.717) is 16.9 Å². The quantitative estimate of drug-likeness (QED) is 0.758. The molecule has 108 valence electrons. The monoisotopic (exact) mass is 286 g/mol. The first-order chi connectivity index (χ1) is 9.99. The molecule has 2 heterocycles. The third kappa shape index (κ3) is 2.13. The van der Waals surface area contributed by atoms with E-state index in [2.05, 4.69) is 10.2 Å². The van der Waals surface area contributed by atoms with E-state index in [4.69, 9.17) is 5.73 Å². The highest BCUT2D eigenvalue weighted by molar-refractivity contribution is 5.83. The minimum absolute atomic E-state index is 0.0440. The number of hydrogen-bond donors (Lipinski definition) is 2. The molecule has 0 radical (unpaired) electrons. The van der Waals surface area contributed by atoms with Crippen LogP contribution in [0.5, 0.6) is 0 Å². The highest BCUT2D eigenvalue weighted by atomic mass is 19.1. The van der Waals surface area contributed by atoms with Crippen LogP contribution in [-0.4, -0.2) is 14.8 Å². The molecule has 0 aliphatic heterocycles. The molecular weight excluding hydrogens is 271 g/mol. The molecule has 0 saturated carbocycles. The summed E-state index contributed by atoms with van der Waals surface area (Å²) in [5.41, 5.74) is 6.91. The number of fused-ring (bicyclic) bond motifs is 1. The van der Waals surface area contributed by atoms with E-state index in [1.807, 2.05) is 6.92 Å². The van der Waals surface area contributed by atoms with Gasteiger partial charge in [0, 0.05) is 23.5 Å². The summed E-state index contributed by atoms with van der Waals surface area (Å²) >= 11 is 0. The van der Waals surface area contributed by atoms with Gasteiger partial charge in [-0.05, 0) is 31.4 Å². The molecule has 3 N–H and O–H groups in total. The first kappa shape index (κ1) is 13.5. The fourth-order valence-corrected chi connectivity index (χ4v) is 2.43. The zero-order valence-electron chi connectivity index (χ0n) is 11.7. The number of benzene rings is 1. The molecule has 0 amide bonds. The second-order valence-corrected chi connectivity index (χ2v) is 5.11. The molecule has 1 aromatic carbocycles. The Morgan fingerprint density at radius 2 is 2.14 bits per heavy atom. The number of aromatic amines is 1. The van der Waals surface area contributed by atoms with Gasteiger partial charge in [0.15, 0.2) is 5.82 Å². The van der Waals surface area contributed by atoms with Crippen LogP contribution in [0.15, 0.2) is 35.1 Å². The van der Waals surface area contributed by atoms with Crippen molar-refractivity contribution < 1.29 is 4.39 Å². The lowest BCUT2D eigenvalue weighted by atomic mass is 10.1. The Hall–Kier alpha value is -2.47. The van der Waals surface area contributed by atoms with E-state index in [1.165, 1.54) is 10.6 Å². The number of nitrogens with zero attached hydrogens (tertiary/aromatic N) is 2. The highest BCUT2D eigenvalue weighted by Crippen LogP contribution is 2.21. The van der Waals surface area contributed by atoms with Crippen LogP contribution in [0.2, 0.25) is 0 Å². The summed E-state index contributed by atoms with van der Waals surface area (Å²) < 4.78 is 15.4. The number of halogens is 1. The Kier molecular flexibility index (Phi) is 3.10. The van der Waals surface area contributed by atoms with Crippen LogP contribution in [0.4, 0.5) is 4.39 Å². The van der Waals surface area contributed by atoms with E-state index in [9.17, 15) is 9.18 Å². The molecule has 2 aromatic heterocycles. The Bertz CT molecular complexity index is 879. The SMILES string of the molecule is Cc1cc(-n2c(C(C)N)cc3cccc(F)c3c2=O)n[nH]1. The second kappa shape index (κ2) is 4.82. The van der Waals surface area contributed by atoms with E-state index >= 15 is 0 Å². The molecule has 3 aromatic rings. The summed E-state index contributed by atoms with van der Waals surface area (Å²) in [5, 5.41) is 7.45. The first-order valence-corrected chi connectivity index (χ1v) is 6.61. The van der Waals surface area contributed by atoms with Gasteiger partial charge >= 0.3 is 0 Å². The zero-order valence-corrected chi connectivity index (χ0v) is 11.7. The van der Waals surface area contributed by atoms with Gasteiger partial charge in [-0.15, -0.1) is 0 Å². The summed E-state index contributed by atoms with van der Waals surface area (Å²) in [6, 6.07) is 7.61. The van der Waals surface area contributed by atoms with Crippen LogP contribution in [0.3, 0.4) is 0 Å². The third-order valence-electron chi connectivity index (χ3n) is 3.41. The Balaban J connectivity index is 2.46. The standard InChI is InChI=1S/C15H15FN4O/c1-8-6-13(19-18-8)20-12(9(2)17)7-10-4-3-5-11(16)14(10)15(20)21/h3-7,9H,17H2,1-2H3,(H,18,19). The average Bonchev–Trinajstić information content (AvgIpc) is 2.84. The topological polar surface area (TPSA) is 76.7 Å². The number of nitrogens with one attached hydrogen (secondary N) is 1. The van der Waals surface area contributed by atoms with Crippen molar-refractivity contribution in [2.45, 2.75) is 19.9 Å². The predicted octanol–water partition coefficient (Wildman–Crippen LogP) is 2.18. The van der Waals surface area contributed by atoms with E-state index in [-0.39, 0.29) is 11.4 Å². The first-order valence-electron chi connectivity index (χ1n) is 6.61. The van der Waals surface area contributed by atoms with Gasteiger partial charge in [0.25, 0.3) is 5.56 Å². The fourth-order valence-electron chi connectivity index (χ4n) is 2.43. The lowest BCUT2D eigenvalue weighted by Crippen LogP contribution is -2.26. The number of nitrogens with two attached hydrogens (primary N) is 1. The Morgan fingerprint density at radius 1 is 1.38 bits per heavy atom.